The summed E-state index contributed by atoms with van der Waals surface area (Å²) in [5.74, 6) is 0. The van der Waals surface area contributed by atoms with E-state index in [9.17, 15) is 0 Å². The Hall–Kier alpha value is -7.95. The molecule has 0 radical (unpaired) electrons. The molecular formula is C82H81ClN2S. The molecule has 1 heterocycles. The Morgan fingerprint density at radius 1 is 0.279 bits per heavy atom. The molecule has 0 saturated heterocycles. The quantitative estimate of drug-likeness (QED) is 0.133. The third-order valence-corrected chi connectivity index (χ3v) is 19.0. The predicted octanol–water partition coefficient (Wildman–Crippen LogP) is 25.4. The summed E-state index contributed by atoms with van der Waals surface area (Å²) in [6.07, 6.45) is 0. The normalized spacial score (nSPS) is 12.7. The number of nitrogens with zero attached hydrogens (tertiary/aromatic N) is 2. The highest BCUT2D eigenvalue weighted by Gasteiger charge is 2.29. The van der Waals surface area contributed by atoms with Crippen LogP contribution in [0.5, 0.6) is 0 Å². The van der Waals surface area contributed by atoms with E-state index < -0.39 is 0 Å². The molecule has 0 fully saturated rings. The summed E-state index contributed by atoms with van der Waals surface area (Å²) in [6, 6.07) is 80.2. The van der Waals surface area contributed by atoms with E-state index in [0.717, 1.165) is 56.4 Å². The molecule has 12 rings (SSSR count). The van der Waals surface area contributed by atoms with Crippen molar-refractivity contribution >= 4 is 99.5 Å². The van der Waals surface area contributed by atoms with Gasteiger partial charge in [0.05, 0.1) is 27.8 Å². The monoisotopic (exact) mass is 1160 g/mol. The van der Waals surface area contributed by atoms with Crippen LogP contribution in [0.3, 0.4) is 0 Å². The molecule has 0 aliphatic rings. The van der Waals surface area contributed by atoms with Gasteiger partial charge in [0, 0.05) is 32.4 Å². The van der Waals surface area contributed by atoms with Crippen LogP contribution in [0.15, 0.2) is 218 Å². The van der Waals surface area contributed by atoms with Gasteiger partial charge in [-0.3, -0.25) is 0 Å². The van der Waals surface area contributed by atoms with E-state index >= 15 is 0 Å². The third kappa shape index (κ3) is 11.0. The second-order valence-electron chi connectivity index (χ2n) is 28.9. The van der Waals surface area contributed by atoms with Gasteiger partial charge in [-0.05, 0) is 182 Å². The van der Waals surface area contributed by atoms with Crippen LogP contribution in [0.1, 0.15) is 132 Å². The Kier molecular flexibility index (Phi) is 14.8. The molecule has 12 aromatic rings. The van der Waals surface area contributed by atoms with Crippen LogP contribution in [-0.2, 0) is 27.1 Å². The lowest BCUT2D eigenvalue weighted by molar-refractivity contribution is 0.590. The molecule has 0 aliphatic heterocycles. The molecule has 86 heavy (non-hydrogen) atoms. The molecule has 1 aromatic heterocycles. The molecule has 0 amide bonds. The lowest BCUT2D eigenvalue weighted by atomic mass is 9.84. The minimum Gasteiger partial charge on any atom is -0.308 e. The van der Waals surface area contributed by atoms with Gasteiger partial charge in [0.1, 0.15) is 0 Å². The predicted molar refractivity (Wildman–Crippen MR) is 379 cm³/mol. The van der Waals surface area contributed by atoms with Crippen LogP contribution in [0.4, 0.5) is 34.1 Å². The van der Waals surface area contributed by atoms with Gasteiger partial charge < -0.3 is 9.80 Å². The van der Waals surface area contributed by atoms with Crippen molar-refractivity contribution < 1.29 is 0 Å². The number of hydrogen-bond acceptors (Lipinski definition) is 3. The molecule has 2 nitrogen and oxygen atoms in total. The Morgan fingerprint density at radius 2 is 0.698 bits per heavy atom. The first-order valence-electron chi connectivity index (χ1n) is 30.6. The first-order valence-corrected chi connectivity index (χ1v) is 31.8. The average molecular weight is 1160 g/mol. The molecule has 0 N–H and O–H groups in total. The molecule has 0 aliphatic carbocycles. The maximum atomic E-state index is 8.44. The first kappa shape index (κ1) is 58.4. The van der Waals surface area contributed by atoms with E-state index in [1.54, 1.807) is 11.3 Å². The van der Waals surface area contributed by atoms with Crippen molar-refractivity contribution in [1.29, 1.82) is 0 Å². The van der Waals surface area contributed by atoms with Gasteiger partial charge in [0.25, 0.3) is 0 Å². The van der Waals surface area contributed by atoms with E-state index in [-0.39, 0.29) is 27.1 Å². The minimum atomic E-state index is -0.126. The van der Waals surface area contributed by atoms with Crippen LogP contribution in [0.25, 0.3) is 75.8 Å². The number of fused-ring (bicyclic) bond motifs is 7. The Morgan fingerprint density at radius 3 is 1.22 bits per heavy atom. The van der Waals surface area contributed by atoms with E-state index in [0.29, 0.717) is 5.02 Å². The minimum absolute atomic E-state index is 0.00802. The van der Waals surface area contributed by atoms with Crippen LogP contribution in [0, 0.1) is 0 Å². The van der Waals surface area contributed by atoms with Crippen molar-refractivity contribution in [2.45, 2.75) is 131 Å². The van der Waals surface area contributed by atoms with Crippen LogP contribution in [0.2, 0.25) is 5.02 Å². The summed E-state index contributed by atoms with van der Waals surface area (Å²) in [4.78, 5) is 4.84. The van der Waals surface area contributed by atoms with Crippen molar-refractivity contribution in [3.05, 3.63) is 251 Å². The number of rotatable bonds is 9. The maximum absolute atomic E-state index is 8.44. The highest BCUT2D eigenvalue weighted by atomic mass is 35.5. The Labute approximate surface area is 520 Å². The molecule has 0 atom stereocenters. The first-order chi connectivity index (χ1) is 40.7. The summed E-state index contributed by atoms with van der Waals surface area (Å²) in [5.41, 5.74) is 19.1. The van der Waals surface area contributed by atoms with Gasteiger partial charge in [-0.15, -0.1) is 11.3 Å². The van der Waals surface area contributed by atoms with Crippen LogP contribution < -0.4 is 9.80 Å². The van der Waals surface area contributed by atoms with Crippen molar-refractivity contribution in [2.75, 3.05) is 9.80 Å². The van der Waals surface area contributed by atoms with E-state index in [2.05, 4.69) is 331 Å². The second-order valence-corrected chi connectivity index (χ2v) is 30.2. The summed E-state index contributed by atoms with van der Waals surface area (Å²) in [7, 11) is 0. The maximum Gasteiger partial charge on any atom is 0.0887 e. The van der Waals surface area contributed by atoms with Crippen LogP contribution >= 0.6 is 22.9 Å². The summed E-state index contributed by atoms with van der Waals surface area (Å²) < 4.78 is 1.22. The van der Waals surface area contributed by atoms with Crippen molar-refractivity contribution in [2.24, 2.45) is 0 Å². The lowest BCUT2D eigenvalue weighted by Crippen LogP contribution is -2.17. The van der Waals surface area contributed by atoms with Gasteiger partial charge in [0.15, 0.2) is 0 Å². The zero-order valence-electron chi connectivity index (χ0n) is 53.0. The average Bonchev–Trinajstić information content (AvgIpc) is 1.06. The highest BCUT2D eigenvalue weighted by Crippen LogP contribution is 2.53. The molecule has 0 bridgehead atoms. The number of thiophene rings is 1. The number of benzene rings is 11. The number of anilines is 6. The van der Waals surface area contributed by atoms with Crippen molar-refractivity contribution in [3.63, 3.8) is 0 Å². The van der Waals surface area contributed by atoms with Gasteiger partial charge >= 0.3 is 0 Å². The molecule has 0 saturated carbocycles. The zero-order valence-corrected chi connectivity index (χ0v) is 54.5. The van der Waals surface area contributed by atoms with Crippen LogP contribution in [-0.4, -0.2) is 0 Å². The second kappa shape index (κ2) is 21.8. The fraction of sp³-hybridized carbons (Fsp3) is 0.244. The van der Waals surface area contributed by atoms with Gasteiger partial charge in [-0.2, -0.15) is 0 Å². The topological polar surface area (TPSA) is 6.48 Å². The number of halogens is 1. The molecular weight excluding hydrogens is 1080 g/mol. The molecule has 0 spiro atoms. The molecule has 4 heteroatoms. The smallest absolute Gasteiger partial charge is 0.0887 e. The Bertz CT molecular complexity index is 4490. The summed E-state index contributed by atoms with van der Waals surface area (Å²) in [5, 5.41) is 11.7. The highest BCUT2D eigenvalue weighted by molar-refractivity contribution is 7.17. The Balaban J connectivity index is 1.12. The van der Waals surface area contributed by atoms with Crippen molar-refractivity contribution in [1.82, 2.24) is 0 Å². The van der Waals surface area contributed by atoms with Crippen molar-refractivity contribution in [3.8, 4) is 33.4 Å². The summed E-state index contributed by atoms with van der Waals surface area (Å²) in [6.45, 7) is 34.4. The van der Waals surface area contributed by atoms with Gasteiger partial charge in [-0.1, -0.05) is 261 Å². The molecule has 0 unspecified atom stereocenters. The lowest BCUT2D eigenvalue weighted by Gasteiger charge is -2.33. The molecule has 432 valence electrons. The standard InChI is InChI=1S/C82H81ClN2S/c1-78(2,3)55-32-27-52(28-33-55)62-44-42-61(50-68(62)53-29-34-56(35-30-53)79(4,5)6)85(75-51-86-76-46-39-59(49-71(75)76)82(13,14)15)74-26-20-25-73(77(74)83)84(60-40-36-57(37-41-60)80(7,8)9)72-45-38-58(81(10,11)12)48-69(72)54-31-43-67-65-23-17-16-21-63(65)64-22-18-19-24-66(64)70(67)47-54/h16-51H,1-15H3. The zero-order chi connectivity index (χ0) is 60.8. The SMILES string of the molecule is CC(C)(C)c1ccc(-c2ccc(N(c3cccc(N(c4ccc(C(C)(C)C)cc4)c4ccc(C(C)(C)C)cc4-c4ccc5c6ccccc6c6ccccc6c5c4)c3Cl)c3csc4ccc(C(C)(C)C)cc34)cc2-c2ccc(C(C)(C)C)cc2)cc1. The molecule has 11 aromatic carbocycles. The fourth-order valence-corrected chi connectivity index (χ4v) is 13.6. The van der Waals surface area contributed by atoms with E-state index in [1.807, 2.05) is 0 Å². The fourth-order valence-electron chi connectivity index (χ4n) is 12.4. The largest absolute Gasteiger partial charge is 0.308 e. The number of hydrogen-bond donors (Lipinski definition) is 0. The third-order valence-electron chi connectivity index (χ3n) is 17.6. The summed E-state index contributed by atoms with van der Waals surface area (Å²) >= 11 is 10.2. The van der Waals surface area contributed by atoms with Gasteiger partial charge in [-0.25, -0.2) is 0 Å². The van der Waals surface area contributed by atoms with E-state index in [1.165, 1.54) is 81.3 Å². The van der Waals surface area contributed by atoms with Gasteiger partial charge in [0.2, 0.25) is 0 Å². The van der Waals surface area contributed by atoms with E-state index in [4.69, 9.17) is 11.6 Å².